The summed E-state index contributed by atoms with van der Waals surface area (Å²) in [6, 6.07) is 4.84. The van der Waals surface area contributed by atoms with E-state index in [0.717, 1.165) is 32.0 Å². The van der Waals surface area contributed by atoms with E-state index in [9.17, 15) is 13.2 Å². The highest BCUT2D eigenvalue weighted by Gasteiger charge is 2.31. The summed E-state index contributed by atoms with van der Waals surface area (Å²) in [5.41, 5.74) is 0.536. The van der Waals surface area contributed by atoms with Crippen molar-refractivity contribution in [1.29, 1.82) is 0 Å². The molecule has 1 aromatic rings. The summed E-state index contributed by atoms with van der Waals surface area (Å²) < 4.78 is 27.0. The van der Waals surface area contributed by atoms with Gasteiger partial charge < -0.3 is 10.2 Å². The number of hydrogen-bond donors (Lipinski definition) is 1. The van der Waals surface area contributed by atoms with E-state index in [-0.39, 0.29) is 17.6 Å². The van der Waals surface area contributed by atoms with E-state index in [2.05, 4.69) is 17.1 Å². The molecule has 0 radical (unpaired) electrons. The first kappa shape index (κ1) is 24.8. The first-order chi connectivity index (χ1) is 14.7. The number of likely N-dealkylation sites (tertiary alicyclic amines) is 1. The van der Waals surface area contributed by atoms with Crippen LogP contribution in [0.5, 0.6) is 0 Å². The molecule has 0 aromatic heterocycles. The maximum atomic E-state index is 12.8. The van der Waals surface area contributed by atoms with Gasteiger partial charge in [0, 0.05) is 35.6 Å². The fourth-order valence-electron chi connectivity index (χ4n) is 4.27. The zero-order valence-corrected chi connectivity index (χ0v) is 20.5. The summed E-state index contributed by atoms with van der Waals surface area (Å²) in [7, 11) is -3.49. The number of nitrogens with zero attached hydrogens (tertiary/aromatic N) is 2. The molecule has 2 aliphatic rings. The second-order valence-electron chi connectivity index (χ2n) is 8.83. The van der Waals surface area contributed by atoms with Gasteiger partial charge >= 0.3 is 0 Å². The van der Waals surface area contributed by atoms with E-state index in [1.165, 1.54) is 17.1 Å². The molecule has 0 aliphatic carbocycles. The molecule has 0 saturated carbocycles. The van der Waals surface area contributed by atoms with Gasteiger partial charge in [-0.2, -0.15) is 0 Å². The molecule has 2 saturated heterocycles. The van der Waals surface area contributed by atoms with Crippen LogP contribution in [0.4, 0.5) is 0 Å². The zero-order valence-electron chi connectivity index (χ0n) is 18.2. The van der Waals surface area contributed by atoms with Crippen LogP contribution < -0.4 is 5.32 Å². The molecule has 174 valence electrons. The predicted octanol–water partition coefficient (Wildman–Crippen LogP) is 3.77. The highest BCUT2D eigenvalue weighted by atomic mass is 35.5. The van der Waals surface area contributed by atoms with Gasteiger partial charge in [0.05, 0.1) is 5.75 Å². The van der Waals surface area contributed by atoms with Crippen LogP contribution in [0, 0.1) is 11.8 Å². The van der Waals surface area contributed by atoms with E-state index in [1.54, 1.807) is 18.2 Å². The van der Waals surface area contributed by atoms with Gasteiger partial charge in [0.15, 0.2) is 0 Å². The number of halogens is 2. The van der Waals surface area contributed by atoms with Crippen LogP contribution >= 0.6 is 23.2 Å². The third-order valence-corrected chi connectivity index (χ3v) is 8.81. The minimum atomic E-state index is -3.49. The molecular weight excluding hydrogens is 457 g/mol. The average molecular weight is 490 g/mol. The summed E-state index contributed by atoms with van der Waals surface area (Å²) in [5.74, 6) is 0.593. The van der Waals surface area contributed by atoms with Crippen molar-refractivity contribution in [3.05, 3.63) is 33.8 Å². The van der Waals surface area contributed by atoms with Crippen molar-refractivity contribution < 1.29 is 13.2 Å². The fraction of sp³-hybridized carbons (Fsp3) is 0.682. The topological polar surface area (TPSA) is 69.7 Å². The molecule has 1 aromatic carbocycles. The number of benzene rings is 1. The number of sulfonamides is 1. The lowest BCUT2D eigenvalue weighted by Crippen LogP contribution is -2.43. The average Bonchev–Trinajstić information content (AvgIpc) is 2.74. The summed E-state index contributed by atoms with van der Waals surface area (Å²) in [4.78, 5) is 15.0. The SMILES string of the molecule is CC1CCN(CCCNC(=O)C2CCN(S(=O)(=O)Cc3ccc(Cl)cc3Cl)CC2)CC1. The zero-order chi connectivity index (χ0) is 22.4. The van der Waals surface area contributed by atoms with Gasteiger partial charge in [0.1, 0.15) is 0 Å². The van der Waals surface area contributed by atoms with Crippen molar-refractivity contribution in [3.8, 4) is 0 Å². The Morgan fingerprint density at radius 1 is 1.10 bits per heavy atom. The van der Waals surface area contributed by atoms with Crippen LogP contribution in [-0.4, -0.2) is 62.8 Å². The van der Waals surface area contributed by atoms with Crippen molar-refractivity contribution in [3.63, 3.8) is 0 Å². The molecule has 0 unspecified atom stereocenters. The Bertz CT molecular complexity index is 850. The quantitative estimate of drug-likeness (QED) is 0.564. The van der Waals surface area contributed by atoms with E-state index in [0.29, 0.717) is 48.1 Å². The van der Waals surface area contributed by atoms with Crippen LogP contribution in [0.15, 0.2) is 18.2 Å². The Morgan fingerprint density at radius 3 is 2.42 bits per heavy atom. The minimum absolute atomic E-state index is 0.0464. The molecule has 31 heavy (non-hydrogen) atoms. The lowest BCUT2D eigenvalue weighted by atomic mass is 9.97. The number of amides is 1. The normalized spacial score (nSPS) is 20.1. The third kappa shape index (κ3) is 7.32. The second-order valence-corrected chi connectivity index (χ2v) is 11.6. The van der Waals surface area contributed by atoms with Gasteiger partial charge in [-0.25, -0.2) is 12.7 Å². The van der Waals surface area contributed by atoms with Gasteiger partial charge in [-0.3, -0.25) is 4.79 Å². The van der Waals surface area contributed by atoms with Crippen LogP contribution in [0.25, 0.3) is 0 Å². The predicted molar refractivity (Wildman–Crippen MR) is 126 cm³/mol. The third-order valence-electron chi connectivity index (χ3n) is 6.40. The van der Waals surface area contributed by atoms with E-state index in [1.807, 2.05) is 0 Å². The van der Waals surface area contributed by atoms with Crippen LogP contribution in [-0.2, 0) is 20.6 Å². The van der Waals surface area contributed by atoms with Crippen molar-refractivity contribution in [1.82, 2.24) is 14.5 Å². The molecule has 9 heteroatoms. The Kier molecular flexibility index (Phi) is 9.05. The molecule has 0 atom stereocenters. The monoisotopic (exact) mass is 489 g/mol. The molecule has 1 N–H and O–H groups in total. The Morgan fingerprint density at radius 2 is 1.77 bits per heavy atom. The molecule has 6 nitrogen and oxygen atoms in total. The number of rotatable bonds is 8. The maximum Gasteiger partial charge on any atom is 0.223 e. The first-order valence-corrected chi connectivity index (χ1v) is 13.5. The fourth-order valence-corrected chi connectivity index (χ4v) is 6.42. The number of carbonyl (C=O) groups is 1. The van der Waals surface area contributed by atoms with E-state index < -0.39 is 10.0 Å². The molecule has 0 spiro atoms. The summed E-state index contributed by atoms with van der Waals surface area (Å²) >= 11 is 12.0. The summed E-state index contributed by atoms with van der Waals surface area (Å²) in [6.45, 7) is 7.04. The van der Waals surface area contributed by atoms with Gasteiger partial charge in [0.25, 0.3) is 0 Å². The van der Waals surface area contributed by atoms with Gasteiger partial charge in [-0.15, -0.1) is 0 Å². The molecule has 3 rings (SSSR count). The molecule has 2 heterocycles. The van der Waals surface area contributed by atoms with Gasteiger partial charge in [0.2, 0.25) is 15.9 Å². The van der Waals surface area contributed by atoms with Crippen molar-refractivity contribution >= 4 is 39.1 Å². The second kappa shape index (κ2) is 11.3. The molecule has 1 amide bonds. The van der Waals surface area contributed by atoms with Crippen molar-refractivity contribution in [2.24, 2.45) is 11.8 Å². The maximum absolute atomic E-state index is 12.8. The molecule has 0 bridgehead atoms. The number of hydrogen-bond acceptors (Lipinski definition) is 4. The lowest BCUT2D eigenvalue weighted by Gasteiger charge is -2.31. The molecule has 2 fully saturated rings. The van der Waals surface area contributed by atoms with Crippen LogP contribution in [0.1, 0.15) is 44.6 Å². The summed E-state index contributed by atoms with van der Waals surface area (Å²) in [6.07, 6.45) is 4.57. The first-order valence-electron chi connectivity index (χ1n) is 11.2. The highest BCUT2D eigenvalue weighted by Crippen LogP contribution is 2.26. The van der Waals surface area contributed by atoms with E-state index in [4.69, 9.17) is 23.2 Å². The van der Waals surface area contributed by atoms with E-state index >= 15 is 0 Å². The Balaban J connectivity index is 1.38. The smallest absolute Gasteiger partial charge is 0.223 e. The van der Waals surface area contributed by atoms with Crippen molar-refractivity contribution in [2.75, 3.05) is 39.3 Å². The number of piperidine rings is 2. The summed E-state index contributed by atoms with van der Waals surface area (Å²) in [5, 5.41) is 3.87. The molecule has 2 aliphatic heterocycles. The minimum Gasteiger partial charge on any atom is -0.356 e. The molecular formula is C22H33Cl2N3O3S. The number of carbonyl (C=O) groups excluding carboxylic acids is 1. The number of nitrogens with one attached hydrogen (secondary N) is 1. The Labute approximate surface area is 196 Å². The highest BCUT2D eigenvalue weighted by molar-refractivity contribution is 7.88. The van der Waals surface area contributed by atoms with Gasteiger partial charge in [-0.05, 0) is 75.4 Å². The van der Waals surface area contributed by atoms with Crippen LogP contribution in [0.3, 0.4) is 0 Å². The standard InChI is InChI=1S/C22H33Cl2N3O3S/c1-17-5-11-26(12-6-17)10-2-9-25-22(28)18-7-13-27(14-8-18)31(29,30)16-19-3-4-20(23)15-21(19)24/h3-4,15,17-18H,2,5-14,16H2,1H3,(H,25,28). The van der Waals surface area contributed by atoms with Gasteiger partial charge in [-0.1, -0.05) is 36.2 Å². The lowest BCUT2D eigenvalue weighted by molar-refractivity contribution is -0.126. The Hall–Kier alpha value is -0.860. The van der Waals surface area contributed by atoms with Crippen LogP contribution in [0.2, 0.25) is 10.0 Å². The largest absolute Gasteiger partial charge is 0.356 e. The van der Waals surface area contributed by atoms with Crippen molar-refractivity contribution in [2.45, 2.75) is 44.8 Å².